The minimum atomic E-state index is -10.4. The van der Waals surface area contributed by atoms with Crippen LogP contribution in [0.4, 0.5) is 162 Å². The number of hydrogen-bond donors (Lipinski definition) is 1. The molecule has 0 aromatic rings. The molecule has 38 heteroatoms. The minimum Gasteiger partial charge on any atom is -0.192 e. The predicted molar refractivity (Wildman–Crippen MR) is 99.1 cm³/mol. The second kappa shape index (κ2) is 12.6. The molecular weight excluding hydrogens is 951 g/mol. The van der Waals surface area contributed by atoms with Crippen molar-refractivity contribution in [3.8, 4) is 0 Å². The molecule has 0 nitrogen and oxygen atoms in total. The highest BCUT2D eigenvalue weighted by molar-refractivity contribution is 7.81. The molecule has 0 amide bonds. The van der Waals surface area contributed by atoms with Gasteiger partial charge in [-0.3, -0.25) is 0 Å². The molecule has 0 heterocycles. The van der Waals surface area contributed by atoms with E-state index in [4.69, 9.17) is 0 Å². The van der Waals surface area contributed by atoms with E-state index in [1.165, 1.54) is 0 Å². The Kier molecular flexibility index (Phi) is 12.1. The molecule has 0 rings (SSSR count). The molecule has 0 aliphatic heterocycles. The maximum atomic E-state index is 13.8. The summed E-state index contributed by atoms with van der Waals surface area (Å²) in [6, 6.07) is 0. The van der Waals surface area contributed by atoms with Gasteiger partial charge in [0.1, 0.15) is 0 Å². The summed E-state index contributed by atoms with van der Waals surface area (Å²) >= 11 is 1.07. The number of hydrogen-bond acceptors (Lipinski definition) is 1. The first kappa shape index (κ1) is 53.8. The highest BCUT2D eigenvalue weighted by Crippen LogP contribution is 2.70. The summed E-state index contributed by atoms with van der Waals surface area (Å²) in [4.78, 5) is 0. The van der Waals surface area contributed by atoms with Gasteiger partial charge in [0.15, 0.2) is 0 Å². The SMILES string of the molecule is FC(F)(F)C(F)(F)C(F)(F)C(F)(F)C(F)(F)C(F)(F)C(F)(F)C(F)(F)C(F)(F)C(F)(F)C(F)(F)C(F)(F)C(F)(F)C(F)(F)C(F)(F)C(F)(F)C(F)(F)C(F)(F)S. The second-order valence-corrected chi connectivity index (χ2v) is 10.8. The topological polar surface area (TPSA) is 0 Å². The van der Waals surface area contributed by atoms with Crippen molar-refractivity contribution in [3.05, 3.63) is 0 Å². The largest absolute Gasteiger partial charge is 0.460 e. The molecule has 0 aliphatic rings. The smallest absolute Gasteiger partial charge is 0.192 e. The fraction of sp³-hybridized carbons (Fsp3) is 1.00. The van der Waals surface area contributed by atoms with Gasteiger partial charge in [0, 0.05) is 0 Å². The van der Waals surface area contributed by atoms with Crippen molar-refractivity contribution in [1.29, 1.82) is 0 Å². The molecular formula is C18HF37S. The Morgan fingerprint density at radius 1 is 0.143 bits per heavy atom. The van der Waals surface area contributed by atoms with Gasteiger partial charge in [-0.25, -0.2) is 0 Å². The summed E-state index contributed by atoms with van der Waals surface area (Å²) in [5.41, 5.74) is 0. The molecule has 56 heavy (non-hydrogen) atoms. The van der Waals surface area contributed by atoms with Gasteiger partial charge in [-0.1, -0.05) is 12.6 Å². The molecule has 0 aromatic heterocycles. The zero-order valence-electron chi connectivity index (χ0n) is 23.4. The van der Waals surface area contributed by atoms with Gasteiger partial charge in [-0.15, -0.1) is 0 Å². The summed E-state index contributed by atoms with van der Waals surface area (Å²) in [5.74, 6) is -158. The lowest BCUT2D eigenvalue weighted by molar-refractivity contribution is -0.493. The standard InChI is InChI=1S/C18HF37S/c19-1(20,3(23,24)5(27,28)7(31,32)9(35,36)11(39,40)13(43,44)15(47,48)17(51,52)53)2(21,22)4(25,26)6(29,30)8(33,34)10(37,38)12(41,42)14(45,46)16(49,50)18(54,55)56/h56H. The quantitative estimate of drug-likeness (QED) is 0.116. The zero-order chi connectivity index (χ0) is 47.0. The second-order valence-electron chi connectivity index (χ2n) is 10.2. The van der Waals surface area contributed by atoms with Crippen LogP contribution in [0.5, 0.6) is 0 Å². The lowest BCUT2D eigenvalue weighted by Gasteiger charge is -2.47. The van der Waals surface area contributed by atoms with Gasteiger partial charge < -0.3 is 0 Å². The Morgan fingerprint density at radius 3 is 0.321 bits per heavy atom. The average molecular weight is 952 g/mol. The lowest BCUT2D eigenvalue weighted by Crippen LogP contribution is -2.80. The minimum absolute atomic E-state index is 1.07. The van der Waals surface area contributed by atoms with Crippen LogP contribution in [0.25, 0.3) is 0 Å². The fourth-order valence-corrected chi connectivity index (χ4v) is 3.27. The van der Waals surface area contributed by atoms with Crippen LogP contribution in [0.15, 0.2) is 0 Å². The molecule has 0 bridgehead atoms. The van der Waals surface area contributed by atoms with Crippen LogP contribution in [0, 0.1) is 0 Å². The van der Waals surface area contributed by atoms with Crippen LogP contribution in [-0.2, 0) is 0 Å². The molecule has 0 radical (unpaired) electrons. The Bertz CT molecular complexity index is 1330. The molecule has 338 valence electrons. The molecule has 0 saturated heterocycles. The zero-order valence-corrected chi connectivity index (χ0v) is 24.3. The number of halogens is 37. The van der Waals surface area contributed by atoms with Crippen LogP contribution in [0.3, 0.4) is 0 Å². The van der Waals surface area contributed by atoms with Crippen molar-refractivity contribution >= 4 is 12.6 Å². The maximum Gasteiger partial charge on any atom is 0.460 e. The molecule has 0 unspecified atom stereocenters. The monoisotopic (exact) mass is 952 g/mol. The van der Waals surface area contributed by atoms with Gasteiger partial charge in [-0.2, -0.15) is 162 Å². The first-order chi connectivity index (χ1) is 23.2. The Morgan fingerprint density at radius 2 is 0.232 bits per heavy atom. The Hall–Kier alpha value is -2.24. The third-order valence-electron chi connectivity index (χ3n) is 6.65. The van der Waals surface area contributed by atoms with E-state index in [0.29, 0.717) is 0 Å². The fourth-order valence-electron chi connectivity index (χ4n) is 3.13. The van der Waals surface area contributed by atoms with Gasteiger partial charge in [0.2, 0.25) is 0 Å². The van der Waals surface area contributed by atoms with Crippen molar-refractivity contribution in [2.24, 2.45) is 0 Å². The van der Waals surface area contributed by atoms with Crippen LogP contribution in [0.1, 0.15) is 0 Å². The van der Waals surface area contributed by atoms with E-state index in [1.54, 1.807) is 0 Å². The van der Waals surface area contributed by atoms with E-state index in [0.717, 1.165) is 12.6 Å². The van der Waals surface area contributed by atoms with Crippen molar-refractivity contribution in [2.45, 2.75) is 106 Å². The van der Waals surface area contributed by atoms with Crippen LogP contribution in [0.2, 0.25) is 0 Å². The van der Waals surface area contributed by atoms with Gasteiger partial charge in [-0.05, 0) is 0 Å². The average Bonchev–Trinajstić information content (AvgIpc) is 2.94. The summed E-state index contributed by atoms with van der Waals surface area (Å²) < 4.78 is 494. The highest BCUT2D eigenvalue weighted by atomic mass is 32.1. The van der Waals surface area contributed by atoms with E-state index < -0.39 is 106 Å². The van der Waals surface area contributed by atoms with Crippen molar-refractivity contribution in [2.75, 3.05) is 0 Å². The molecule has 0 atom stereocenters. The highest BCUT2D eigenvalue weighted by Gasteiger charge is 3.02. The van der Waals surface area contributed by atoms with E-state index in [9.17, 15) is 162 Å². The van der Waals surface area contributed by atoms with Gasteiger partial charge in [0.25, 0.3) is 0 Å². The van der Waals surface area contributed by atoms with Gasteiger partial charge in [0.05, 0.1) is 0 Å². The number of alkyl halides is 37. The normalized spacial score (nSPS) is 17.5. The van der Waals surface area contributed by atoms with Crippen LogP contribution >= 0.6 is 12.6 Å². The predicted octanol–water partition coefficient (Wildman–Crippen LogP) is 12.2. The summed E-state index contributed by atoms with van der Waals surface area (Å²) in [7, 11) is 0. The van der Waals surface area contributed by atoms with E-state index >= 15 is 0 Å². The molecule has 0 fully saturated rings. The third kappa shape index (κ3) is 5.87. The number of thiol groups is 1. The van der Waals surface area contributed by atoms with E-state index in [-0.39, 0.29) is 0 Å². The van der Waals surface area contributed by atoms with E-state index in [2.05, 4.69) is 0 Å². The molecule has 0 spiro atoms. The van der Waals surface area contributed by atoms with Gasteiger partial charge >= 0.3 is 106 Å². The first-order valence-corrected chi connectivity index (χ1v) is 11.9. The van der Waals surface area contributed by atoms with Crippen molar-refractivity contribution < 1.29 is 162 Å². The Labute approximate surface area is 282 Å². The van der Waals surface area contributed by atoms with Crippen LogP contribution in [-0.4, -0.2) is 106 Å². The third-order valence-corrected chi connectivity index (χ3v) is 6.93. The Balaban J connectivity index is 7.85. The number of rotatable bonds is 16. The molecule has 0 aromatic carbocycles. The lowest BCUT2D eigenvalue weighted by atomic mass is 9.82. The summed E-state index contributed by atoms with van der Waals surface area (Å²) in [6.07, 6.45) is -8.46. The molecule has 0 aliphatic carbocycles. The summed E-state index contributed by atoms with van der Waals surface area (Å²) in [6.45, 7) is 0. The van der Waals surface area contributed by atoms with Crippen molar-refractivity contribution in [1.82, 2.24) is 0 Å². The first-order valence-electron chi connectivity index (χ1n) is 11.5. The van der Waals surface area contributed by atoms with E-state index in [1.807, 2.05) is 0 Å². The maximum absolute atomic E-state index is 13.8. The molecule has 0 N–H and O–H groups in total. The van der Waals surface area contributed by atoms with Crippen LogP contribution < -0.4 is 0 Å². The molecule has 0 saturated carbocycles. The summed E-state index contributed by atoms with van der Waals surface area (Å²) in [5, 5.41) is -7.28. The van der Waals surface area contributed by atoms with Crippen molar-refractivity contribution in [3.63, 3.8) is 0 Å².